The van der Waals surface area contributed by atoms with Gasteiger partial charge in [-0.25, -0.2) is 4.79 Å². The Morgan fingerprint density at radius 3 is 2.54 bits per heavy atom. The van der Waals surface area contributed by atoms with Crippen LogP contribution in [0.4, 0.5) is 5.69 Å². The average molecular weight is 402 g/mol. The van der Waals surface area contributed by atoms with Crippen LogP contribution >= 0.6 is 11.8 Å². The Kier molecular flexibility index (Phi) is 8.01. The second-order valence-electron chi connectivity index (χ2n) is 6.09. The predicted molar refractivity (Wildman–Crippen MR) is 109 cm³/mol. The number of hydrogen-bond donors (Lipinski definition) is 1. The summed E-state index contributed by atoms with van der Waals surface area (Å²) >= 11 is 1.56. The van der Waals surface area contributed by atoms with E-state index in [1.807, 2.05) is 36.6 Å². The molecule has 148 valence electrons. The monoisotopic (exact) mass is 402 g/mol. The van der Waals surface area contributed by atoms with Crippen molar-refractivity contribution in [3.63, 3.8) is 0 Å². The third kappa shape index (κ3) is 5.82. The number of benzene rings is 2. The number of nitro benzene ring substituents is 1. The highest BCUT2D eigenvalue weighted by Gasteiger charge is 2.24. The third-order valence-corrected chi connectivity index (χ3v) is 4.83. The first-order chi connectivity index (χ1) is 13.5. The van der Waals surface area contributed by atoms with E-state index in [1.54, 1.807) is 11.8 Å². The van der Waals surface area contributed by atoms with Gasteiger partial charge in [0.05, 0.1) is 12.0 Å². The van der Waals surface area contributed by atoms with E-state index in [-0.39, 0.29) is 5.69 Å². The molecule has 0 aromatic heterocycles. The zero-order valence-electron chi connectivity index (χ0n) is 15.7. The molecule has 0 radical (unpaired) electrons. The fraction of sp³-hybridized carbons (Fsp3) is 0.300. The van der Waals surface area contributed by atoms with Crippen LogP contribution in [0.25, 0.3) is 0 Å². The Balaban J connectivity index is 2.32. The molecule has 1 N–H and O–H groups in total. The Hall–Kier alpha value is -2.87. The number of carbonyl (C=O) groups is 2. The van der Waals surface area contributed by atoms with Crippen molar-refractivity contribution in [2.45, 2.75) is 18.9 Å². The third-order valence-electron chi connectivity index (χ3n) is 4.18. The summed E-state index contributed by atoms with van der Waals surface area (Å²) in [5, 5.41) is 13.8. The molecule has 0 spiro atoms. The van der Waals surface area contributed by atoms with Gasteiger partial charge < -0.3 is 10.1 Å². The van der Waals surface area contributed by atoms with Crippen LogP contribution in [0.5, 0.6) is 0 Å². The van der Waals surface area contributed by atoms with E-state index in [2.05, 4.69) is 5.32 Å². The van der Waals surface area contributed by atoms with E-state index in [4.69, 9.17) is 4.74 Å². The van der Waals surface area contributed by atoms with E-state index in [0.717, 1.165) is 5.56 Å². The van der Waals surface area contributed by atoms with Crippen LogP contribution in [0.3, 0.4) is 0 Å². The Bertz CT molecular complexity index is 842. The van der Waals surface area contributed by atoms with Gasteiger partial charge in [-0.15, -0.1) is 0 Å². The summed E-state index contributed by atoms with van der Waals surface area (Å²) in [6.07, 6.45) is 2.70. The quantitative estimate of drug-likeness (QED) is 0.393. The van der Waals surface area contributed by atoms with Crippen LogP contribution in [0, 0.1) is 10.1 Å². The van der Waals surface area contributed by atoms with Gasteiger partial charge in [-0.3, -0.25) is 14.9 Å². The van der Waals surface area contributed by atoms with Crippen LogP contribution in [-0.4, -0.2) is 42.0 Å². The second-order valence-corrected chi connectivity index (χ2v) is 7.08. The van der Waals surface area contributed by atoms with Crippen LogP contribution < -0.4 is 5.32 Å². The van der Waals surface area contributed by atoms with Gasteiger partial charge >= 0.3 is 5.97 Å². The average Bonchev–Trinajstić information content (AvgIpc) is 2.71. The van der Waals surface area contributed by atoms with Crippen molar-refractivity contribution in [3.8, 4) is 0 Å². The lowest BCUT2D eigenvalue weighted by atomic mass is 9.98. The lowest BCUT2D eigenvalue weighted by molar-refractivity contribution is -0.384. The maximum atomic E-state index is 12.8. The van der Waals surface area contributed by atoms with Crippen molar-refractivity contribution in [3.05, 3.63) is 75.3 Å². The first-order valence-electron chi connectivity index (χ1n) is 8.65. The number of non-ortho nitro benzene ring substituents is 1. The Labute approximate surface area is 167 Å². The summed E-state index contributed by atoms with van der Waals surface area (Å²) < 4.78 is 4.77. The van der Waals surface area contributed by atoms with Gasteiger partial charge in [-0.2, -0.15) is 11.8 Å². The van der Waals surface area contributed by atoms with Gasteiger partial charge in [-0.1, -0.05) is 30.3 Å². The van der Waals surface area contributed by atoms with Crippen LogP contribution in [0.15, 0.2) is 48.5 Å². The molecule has 0 bridgehead atoms. The number of ether oxygens (including phenoxy) is 1. The summed E-state index contributed by atoms with van der Waals surface area (Å²) in [6.45, 7) is 0. The zero-order valence-corrected chi connectivity index (χ0v) is 16.5. The van der Waals surface area contributed by atoms with Gasteiger partial charge in [0.1, 0.15) is 6.04 Å². The molecule has 0 unspecified atom stereocenters. The molecule has 2 aromatic rings. The minimum Gasteiger partial charge on any atom is -0.467 e. The summed E-state index contributed by atoms with van der Waals surface area (Å²) in [4.78, 5) is 35.5. The van der Waals surface area contributed by atoms with Crippen molar-refractivity contribution in [2.75, 3.05) is 19.1 Å². The molecular weight excluding hydrogens is 380 g/mol. The Morgan fingerprint density at radius 2 is 1.93 bits per heavy atom. The van der Waals surface area contributed by atoms with Gasteiger partial charge in [0.2, 0.25) is 0 Å². The number of nitro groups is 1. The lowest BCUT2D eigenvalue weighted by Crippen LogP contribution is -2.42. The largest absolute Gasteiger partial charge is 0.467 e. The van der Waals surface area contributed by atoms with Crippen molar-refractivity contribution in [1.29, 1.82) is 0 Å². The molecule has 7 nitrogen and oxygen atoms in total. The number of nitrogens with one attached hydrogen (secondary N) is 1. The molecule has 0 aliphatic heterocycles. The topological polar surface area (TPSA) is 98.5 Å². The van der Waals surface area contributed by atoms with Crippen molar-refractivity contribution in [2.24, 2.45) is 0 Å². The fourth-order valence-corrected chi connectivity index (χ4v) is 3.21. The van der Waals surface area contributed by atoms with E-state index in [0.29, 0.717) is 29.7 Å². The smallest absolute Gasteiger partial charge is 0.328 e. The van der Waals surface area contributed by atoms with E-state index in [9.17, 15) is 19.7 Å². The maximum absolute atomic E-state index is 12.8. The van der Waals surface area contributed by atoms with Gasteiger partial charge in [0.25, 0.3) is 11.6 Å². The number of thioether (sulfide) groups is 1. The molecule has 8 heteroatoms. The molecule has 0 saturated heterocycles. The molecule has 2 aromatic carbocycles. The van der Waals surface area contributed by atoms with Crippen LogP contribution in [-0.2, 0) is 16.0 Å². The Morgan fingerprint density at radius 1 is 1.21 bits per heavy atom. The zero-order chi connectivity index (χ0) is 20.5. The SMILES string of the molecule is COC(=O)[C@H](CCSC)NC(=O)c1ccc([N+](=O)[O-])cc1Cc1ccccc1. The van der Waals surface area contributed by atoms with Gasteiger partial charge in [-0.05, 0) is 42.0 Å². The number of carbonyl (C=O) groups excluding carboxylic acids is 2. The number of rotatable bonds is 9. The fourth-order valence-electron chi connectivity index (χ4n) is 2.74. The van der Waals surface area contributed by atoms with E-state index in [1.165, 1.54) is 25.3 Å². The molecular formula is C20H22N2O5S. The van der Waals surface area contributed by atoms with Crippen molar-refractivity contribution < 1.29 is 19.2 Å². The highest BCUT2D eigenvalue weighted by Crippen LogP contribution is 2.21. The molecule has 0 heterocycles. The molecule has 0 aliphatic rings. The number of nitrogens with zero attached hydrogens (tertiary/aromatic N) is 1. The lowest BCUT2D eigenvalue weighted by Gasteiger charge is -2.17. The highest BCUT2D eigenvalue weighted by molar-refractivity contribution is 7.98. The minimum atomic E-state index is -0.773. The molecule has 0 saturated carbocycles. The molecule has 2 rings (SSSR count). The summed E-state index contributed by atoms with van der Waals surface area (Å²) in [5.41, 5.74) is 1.65. The molecule has 0 fully saturated rings. The number of amides is 1. The van der Waals surface area contributed by atoms with Crippen molar-refractivity contribution in [1.82, 2.24) is 5.32 Å². The number of hydrogen-bond acceptors (Lipinski definition) is 6. The molecule has 1 amide bonds. The summed E-state index contributed by atoms with van der Waals surface area (Å²) in [5.74, 6) is -0.303. The molecule has 0 aliphatic carbocycles. The number of methoxy groups -OCH3 is 1. The predicted octanol–water partition coefficient (Wildman–Crippen LogP) is 3.21. The molecule has 1 atom stereocenters. The van der Waals surface area contributed by atoms with Gasteiger partial charge in [0.15, 0.2) is 0 Å². The highest BCUT2D eigenvalue weighted by atomic mass is 32.2. The van der Waals surface area contributed by atoms with Crippen LogP contribution in [0.1, 0.15) is 27.9 Å². The standard InChI is InChI=1S/C20H22N2O5S/c1-27-20(24)18(10-11-28-2)21-19(23)17-9-8-16(22(25)26)13-15(17)12-14-6-4-3-5-7-14/h3-9,13,18H,10-12H2,1-2H3,(H,21,23)/t18-/m0/s1. The first kappa shape index (κ1) is 21.4. The normalized spacial score (nSPS) is 11.5. The first-order valence-corrected chi connectivity index (χ1v) is 10.0. The van der Waals surface area contributed by atoms with Crippen LogP contribution in [0.2, 0.25) is 0 Å². The molecule has 28 heavy (non-hydrogen) atoms. The maximum Gasteiger partial charge on any atom is 0.328 e. The van der Waals surface area contributed by atoms with Crippen molar-refractivity contribution >= 4 is 29.3 Å². The van der Waals surface area contributed by atoms with Gasteiger partial charge in [0, 0.05) is 17.7 Å². The summed E-state index contributed by atoms with van der Waals surface area (Å²) in [7, 11) is 1.27. The van der Waals surface area contributed by atoms with E-state index >= 15 is 0 Å². The minimum absolute atomic E-state index is 0.0885. The number of esters is 1. The van der Waals surface area contributed by atoms with E-state index < -0.39 is 22.8 Å². The second kappa shape index (κ2) is 10.5. The summed E-state index contributed by atoms with van der Waals surface area (Å²) in [6, 6.07) is 12.7.